The van der Waals surface area contributed by atoms with Crippen LogP contribution in [0.15, 0.2) is 34.9 Å². The van der Waals surface area contributed by atoms with E-state index in [2.05, 4.69) is 38.8 Å². The third kappa shape index (κ3) is 3.23. The zero-order chi connectivity index (χ0) is 14.8. The molecule has 2 rings (SSSR count). The maximum Gasteiger partial charge on any atom is 0.309 e. The van der Waals surface area contributed by atoms with Crippen molar-refractivity contribution in [1.29, 1.82) is 0 Å². The Hall–Kier alpha value is -1.29. The molecule has 1 N–H and O–H groups in total. The lowest BCUT2D eigenvalue weighted by molar-refractivity contribution is -0.147. The summed E-state index contributed by atoms with van der Waals surface area (Å²) >= 11 is 3.58. The molecular formula is C16H20BrNO2. The molecule has 0 bridgehead atoms. The van der Waals surface area contributed by atoms with Crippen LogP contribution in [0, 0.1) is 5.41 Å². The SMILES string of the molecule is CC(C)(CCCCn1cc(Br)c2ccccc21)C(=O)O. The lowest BCUT2D eigenvalue weighted by Crippen LogP contribution is -2.23. The summed E-state index contributed by atoms with van der Waals surface area (Å²) in [5.41, 5.74) is 0.594. The third-order valence-electron chi connectivity index (χ3n) is 3.77. The molecule has 4 heteroatoms. The second-order valence-corrected chi connectivity index (χ2v) is 6.69. The van der Waals surface area contributed by atoms with Gasteiger partial charge < -0.3 is 9.67 Å². The van der Waals surface area contributed by atoms with Crippen molar-refractivity contribution in [1.82, 2.24) is 4.57 Å². The van der Waals surface area contributed by atoms with E-state index < -0.39 is 11.4 Å². The summed E-state index contributed by atoms with van der Waals surface area (Å²) in [6, 6.07) is 8.29. The van der Waals surface area contributed by atoms with Gasteiger partial charge in [0.15, 0.2) is 0 Å². The second-order valence-electron chi connectivity index (χ2n) is 5.83. The number of para-hydroxylation sites is 1. The molecule has 0 saturated heterocycles. The summed E-state index contributed by atoms with van der Waals surface area (Å²) in [7, 11) is 0. The van der Waals surface area contributed by atoms with Crippen molar-refractivity contribution in [3.8, 4) is 0 Å². The van der Waals surface area contributed by atoms with Crippen LogP contribution in [-0.4, -0.2) is 15.6 Å². The van der Waals surface area contributed by atoms with Crippen molar-refractivity contribution in [3.05, 3.63) is 34.9 Å². The average molecular weight is 338 g/mol. The molecule has 108 valence electrons. The fourth-order valence-electron chi connectivity index (χ4n) is 2.34. The standard InChI is InChI=1S/C16H20BrNO2/c1-16(2,15(19)20)9-5-6-10-18-11-13(17)12-7-3-4-8-14(12)18/h3-4,7-8,11H,5-6,9-10H2,1-2H3,(H,19,20). The van der Waals surface area contributed by atoms with Crippen LogP contribution in [0.25, 0.3) is 10.9 Å². The van der Waals surface area contributed by atoms with Crippen LogP contribution in [-0.2, 0) is 11.3 Å². The predicted octanol–water partition coefficient (Wildman–Crippen LogP) is 4.68. The Morgan fingerprint density at radius 3 is 2.70 bits per heavy atom. The Bertz CT molecular complexity index is 616. The van der Waals surface area contributed by atoms with Crippen LogP contribution in [0.5, 0.6) is 0 Å². The van der Waals surface area contributed by atoms with Crippen LogP contribution in [0.2, 0.25) is 0 Å². The second kappa shape index (κ2) is 6.00. The van der Waals surface area contributed by atoms with Gasteiger partial charge in [0.25, 0.3) is 0 Å². The first-order chi connectivity index (χ1) is 9.42. The van der Waals surface area contributed by atoms with E-state index in [0.717, 1.165) is 23.9 Å². The number of hydrogen-bond acceptors (Lipinski definition) is 1. The molecule has 0 aliphatic heterocycles. The summed E-state index contributed by atoms with van der Waals surface area (Å²) in [6.07, 6.45) is 4.72. The fourth-order valence-corrected chi connectivity index (χ4v) is 2.93. The minimum Gasteiger partial charge on any atom is -0.481 e. The molecule has 0 aliphatic carbocycles. The van der Waals surface area contributed by atoms with Crippen molar-refractivity contribution >= 4 is 32.8 Å². The fraction of sp³-hybridized carbons (Fsp3) is 0.438. The number of benzene rings is 1. The van der Waals surface area contributed by atoms with E-state index in [9.17, 15) is 4.79 Å². The summed E-state index contributed by atoms with van der Waals surface area (Å²) in [4.78, 5) is 11.1. The van der Waals surface area contributed by atoms with Gasteiger partial charge in [0.05, 0.1) is 5.41 Å². The molecule has 1 aromatic heterocycles. The summed E-state index contributed by atoms with van der Waals surface area (Å²) in [5.74, 6) is -0.716. The number of unbranched alkanes of at least 4 members (excludes halogenated alkanes) is 1. The van der Waals surface area contributed by atoms with Gasteiger partial charge in [0.1, 0.15) is 0 Å². The first-order valence-corrected chi connectivity index (χ1v) is 7.68. The van der Waals surface area contributed by atoms with Gasteiger partial charge in [0.2, 0.25) is 0 Å². The molecule has 1 heterocycles. The van der Waals surface area contributed by atoms with E-state index in [1.807, 2.05) is 12.1 Å². The molecule has 20 heavy (non-hydrogen) atoms. The summed E-state index contributed by atoms with van der Waals surface area (Å²) < 4.78 is 3.34. The number of rotatable bonds is 6. The molecule has 0 aliphatic rings. The molecule has 0 radical (unpaired) electrons. The number of aliphatic carboxylic acids is 1. The van der Waals surface area contributed by atoms with Crippen molar-refractivity contribution in [3.63, 3.8) is 0 Å². The molecular weight excluding hydrogens is 318 g/mol. The Kier molecular flexibility index (Phi) is 4.53. The highest BCUT2D eigenvalue weighted by molar-refractivity contribution is 9.10. The van der Waals surface area contributed by atoms with Crippen molar-refractivity contribution in [2.24, 2.45) is 5.41 Å². The van der Waals surface area contributed by atoms with Crippen LogP contribution in [0.4, 0.5) is 0 Å². The van der Waals surface area contributed by atoms with Crippen molar-refractivity contribution in [2.45, 2.75) is 39.7 Å². The molecule has 0 fully saturated rings. The Balaban J connectivity index is 1.96. The minimum atomic E-state index is -0.716. The molecule has 0 saturated carbocycles. The summed E-state index contributed by atoms with van der Waals surface area (Å²) in [5, 5.41) is 10.3. The zero-order valence-corrected chi connectivity index (χ0v) is 13.5. The number of carboxylic acid groups (broad SMARTS) is 1. The number of aryl methyl sites for hydroxylation is 1. The summed E-state index contributed by atoms with van der Waals surface area (Å²) in [6.45, 7) is 4.50. The lowest BCUT2D eigenvalue weighted by Gasteiger charge is -2.18. The zero-order valence-electron chi connectivity index (χ0n) is 11.9. The molecule has 0 atom stereocenters. The quantitative estimate of drug-likeness (QED) is 0.777. The van der Waals surface area contributed by atoms with E-state index in [1.54, 1.807) is 13.8 Å². The third-order valence-corrected chi connectivity index (χ3v) is 4.40. The van der Waals surface area contributed by atoms with Gasteiger partial charge in [-0.1, -0.05) is 24.6 Å². The van der Waals surface area contributed by atoms with Crippen LogP contribution in [0.1, 0.15) is 33.1 Å². The lowest BCUT2D eigenvalue weighted by atomic mass is 9.87. The minimum absolute atomic E-state index is 0.626. The highest BCUT2D eigenvalue weighted by Crippen LogP contribution is 2.27. The Morgan fingerprint density at radius 1 is 1.30 bits per heavy atom. The highest BCUT2D eigenvalue weighted by atomic mass is 79.9. The van der Waals surface area contributed by atoms with Gasteiger partial charge in [0, 0.05) is 28.1 Å². The highest BCUT2D eigenvalue weighted by Gasteiger charge is 2.25. The number of hydrogen-bond donors (Lipinski definition) is 1. The predicted molar refractivity (Wildman–Crippen MR) is 84.9 cm³/mol. The van der Waals surface area contributed by atoms with Gasteiger partial charge in [-0.15, -0.1) is 0 Å². The van der Waals surface area contributed by atoms with Crippen LogP contribution >= 0.6 is 15.9 Å². The molecule has 0 unspecified atom stereocenters. The van der Waals surface area contributed by atoms with Gasteiger partial charge in [-0.3, -0.25) is 4.79 Å². The van der Waals surface area contributed by atoms with Crippen LogP contribution < -0.4 is 0 Å². The Labute approximate surface area is 127 Å². The maximum absolute atomic E-state index is 11.1. The number of nitrogens with zero attached hydrogens (tertiary/aromatic N) is 1. The monoisotopic (exact) mass is 337 g/mol. The van der Waals surface area contributed by atoms with Gasteiger partial charge in [-0.2, -0.15) is 0 Å². The number of carboxylic acids is 1. The van der Waals surface area contributed by atoms with E-state index in [-0.39, 0.29) is 0 Å². The number of carbonyl (C=O) groups is 1. The Morgan fingerprint density at radius 2 is 2.00 bits per heavy atom. The van der Waals surface area contributed by atoms with E-state index in [1.165, 1.54) is 10.9 Å². The van der Waals surface area contributed by atoms with E-state index in [0.29, 0.717) is 6.42 Å². The van der Waals surface area contributed by atoms with Crippen LogP contribution in [0.3, 0.4) is 0 Å². The normalized spacial score (nSPS) is 11.9. The van der Waals surface area contributed by atoms with E-state index >= 15 is 0 Å². The molecule has 3 nitrogen and oxygen atoms in total. The van der Waals surface area contributed by atoms with Crippen molar-refractivity contribution in [2.75, 3.05) is 0 Å². The van der Waals surface area contributed by atoms with Gasteiger partial charge in [-0.25, -0.2) is 0 Å². The number of halogens is 1. The molecule has 0 spiro atoms. The molecule has 1 aromatic carbocycles. The maximum atomic E-state index is 11.1. The van der Waals surface area contributed by atoms with Crippen molar-refractivity contribution < 1.29 is 9.90 Å². The first kappa shape index (κ1) is 15.1. The van der Waals surface area contributed by atoms with Gasteiger partial charge in [-0.05, 0) is 48.7 Å². The van der Waals surface area contributed by atoms with E-state index in [4.69, 9.17) is 5.11 Å². The first-order valence-electron chi connectivity index (χ1n) is 6.88. The largest absolute Gasteiger partial charge is 0.481 e. The number of aromatic nitrogens is 1. The van der Waals surface area contributed by atoms with Gasteiger partial charge >= 0.3 is 5.97 Å². The molecule has 2 aromatic rings. The smallest absolute Gasteiger partial charge is 0.309 e. The molecule has 0 amide bonds. The topological polar surface area (TPSA) is 42.2 Å². The number of fused-ring (bicyclic) bond motifs is 1. The average Bonchev–Trinajstić information content (AvgIpc) is 2.72.